The molecule has 9 nitrogen and oxygen atoms in total. The second-order valence-corrected chi connectivity index (χ2v) is 10.0. The van der Waals surface area contributed by atoms with Crippen LogP contribution in [0.4, 0.5) is 0 Å². The molecule has 4 heterocycles. The van der Waals surface area contributed by atoms with Crippen molar-refractivity contribution in [2.24, 2.45) is 4.99 Å². The van der Waals surface area contributed by atoms with Crippen molar-refractivity contribution in [3.8, 4) is 11.5 Å². The van der Waals surface area contributed by atoms with E-state index in [9.17, 15) is 0 Å². The van der Waals surface area contributed by atoms with Gasteiger partial charge in [-0.25, -0.2) is 24.9 Å². The molecule has 6 rings (SSSR count). The van der Waals surface area contributed by atoms with Crippen LogP contribution in [0.25, 0.3) is 22.7 Å². The SMILES string of the molecule is CCCn1c2ncnc-2cnc1C1CC1.CCn1cnc(=NC2CCCC2)c2[nH]c(C(C)C)nc21. The molecular weight excluding hydrogens is 438 g/mol. The van der Waals surface area contributed by atoms with Crippen LogP contribution in [-0.2, 0) is 13.1 Å². The summed E-state index contributed by atoms with van der Waals surface area (Å²) in [6, 6.07) is 0.439. The molecule has 4 aliphatic rings. The minimum absolute atomic E-state index is 0.382. The Kier molecular flexibility index (Phi) is 6.92. The van der Waals surface area contributed by atoms with E-state index in [1.165, 1.54) is 44.3 Å². The molecule has 0 saturated heterocycles. The first kappa shape index (κ1) is 23.6. The molecule has 2 saturated carbocycles. The monoisotopic (exact) mass is 475 g/mol. The van der Waals surface area contributed by atoms with E-state index in [2.05, 4.69) is 61.7 Å². The van der Waals surface area contributed by atoms with Gasteiger partial charge in [0, 0.05) is 24.9 Å². The molecule has 2 aromatic heterocycles. The van der Waals surface area contributed by atoms with E-state index in [4.69, 9.17) is 9.98 Å². The number of nitrogens with one attached hydrogen (secondary N) is 1. The summed E-state index contributed by atoms with van der Waals surface area (Å²) in [5.74, 6) is 4.25. The van der Waals surface area contributed by atoms with Crippen molar-refractivity contribution in [1.29, 1.82) is 0 Å². The summed E-state index contributed by atoms with van der Waals surface area (Å²) in [5.41, 5.74) is 3.71. The van der Waals surface area contributed by atoms with Gasteiger partial charge in [0.25, 0.3) is 0 Å². The highest BCUT2D eigenvalue weighted by atomic mass is 15.2. The average Bonchev–Trinajstić information content (AvgIpc) is 3.24. The topological polar surface area (TPSA) is 102 Å². The lowest BCUT2D eigenvalue weighted by atomic mass is 10.2. The number of aromatic amines is 1. The van der Waals surface area contributed by atoms with Gasteiger partial charge in [-0.3, -0.25) is 4.99 Å². The van der Waals surface area contributed by atoms with Crippen molar-refractivity contribution in [3.05, 3.63) is 36.0 Å². The Hall–Kier alpha value is -3.10. The standard InChI is InChI=1S/C15H23N5.C11H14N4/c1-4-20-9-16-14(17-11-7-5-6-8-11)12-15(20)19-13(18-12)10(2)3;1-2-5-15-10(8-3-4-8)12-6-9-11(15)14-7-13-9/h9-11H,4-8H2,1-3H3,(H,18,19);6-8H,2-5H2,1H3. The number of aryl methyl sites for hydroxylation is 1. The maximum Gasteiger partial charge on any atom is 0.176 e. The van der Waals surface area contributed by atoms with Crippen LogP contribution in [0.15, 0.2) is 23.8 Å². The first-order chi connectivity index (χ1) is 17.1. The first-order valence-corrected chi connectivity index (χ1v) is 13.2. The molecule has 0 amide bonds. The van der Waals surface area contributed by atoms with Crippen LogP contribution in [0.2, 0.25) is 0 Å². The number of nitrogens with zero attached hydrogens (tertiary/aromatic N) is 8. The van der Waals surface area contributed by atoms with Crippen LogP contribution in [0.3, 0.4) is 0 Å². The third-order valence-corrected chi connectivity index (χ3v) is 6.88. The Morgan fingerprint density at radius 2 is 1.86 bits per heavy atom. The summed E-state index contributed by atoms with van der Waals surface area (Å²) in [6.07, 6.45) is 14.0. The summed E-state index contributed by atoms with van der Waals surface area (Å²) in [7, 11) is 0. The molecular formula is C26H37N9. The maximum absolute atomic E-state index is 4.84. The van der Waals surface area contributed by atoms with Crippen molar-refractivity contribution < 1.29 is 0 Å². The molecule has 186 valence electrons. The van der Waals surface area contributed by atoms with Gasteiger partial charge in [-0.05, 0) is 39.0 Å². The lowest BCUT2D eigenvalue weighted by Gasteiger charge is -2.14. The molecule has 2 aliphatic heterocycles. The zero-order valence-electron chi connectivity index (χ0n) is 21.4. The molecule has 2 aromatic rings. The van der Waals surface area contributed by atoms with Crippen molar-refractivity contribution >= 4 is 11.2 Å². The van der Waals surface area contributed by atoms with Crippen molar-refractivity contribution in [2.75, 3.05) is 0 Å². The number of H-pyrrole nitrogens is 1. The number of fused-ring (bicyclic) bond motifs is 2. The van der Waals surface area contributed by atoms with Gasteiger partial charge in [-0.15, -0.1) is 0 Å². The van der Waals surface area contributed by atoms with Gasteiger partial charge in [0.15, 0.2) is 17.0 Å². The first-order valence-electron chi connectivity index (χ1n) is 13.2. The summed E-state index contributed by atoms with van der Waals surface area (Å²) >= 11 is 0. The van der Waals surface area contributed by atoms with E-state index in [1.807, 2.05) is 12.5 Å². The molecule has 2 fully saturated rings. The second-order valence-electron chi connectivity index (χ2n) is 10.0. The average molecular weight is 476 g/mol. The fourth-order valence-electron chi connectivity index (χ4n) is 4.78. The predicted molar refractivity (Wildman–Crippen MR) is 136 cm³/mol. The molecule has 0 bridgehead atoms. The zero-order valence-corrected chi connectivity index (χ0v) is 21.4. The number of rotatable bonds is 6. The molecule has 9 heteroatoms. The van der Waals surface area contributed by atoms with Crippen LogP contribution < -0.4 is 5.49 Å². The minimum atomic E-state index is 0.382. The van der Waals surface area contributed by atoms with Gasteiger partial charge in [0.2, 0.25) is 0 Å². The van der Waals surface area contributed by atoms with Crippen LogP contribution in [0.1, 0.15) is 96.1 Å². The number of hydrogen-bond acceptors (Lipinski definition) is 6. The minimum Gasteiger partial charge on any atom is -0.337 e. The predicted octanol–water partition coefficient (Wildman–Crippen LogP) is 4.81. The van der Waals surface area contributed by atoms with Crippen LogP contribution >= 0.6 is 0 Å². The largest absolute Gasteiger partial charge is 0.337 e. The van der Waals surface area contributed by atoms with E-state index < -0.39 is 0 Å². The highest BCUT2D eigenvalue weighted by Gasteiger charge is 2.29. The Balaban J connectivity index is 0.000000151. The second kappa shape index (κ2) is 10.3. The summed E-state index contributed by atoms with van der Waals surface area (Å²) in [6.45, 7) is 10.5. The maximum atomic E-state index is 4.84. The number of aromatic nitrogens is 8. The molecule has 0 unspecified atom stereocenters. The van der Waals surface area contributed by atoms with Gasteiger partial charge < -0.3 is 14.1 Å². The lowest BCUT2D eigenvalue weighted by Crippen LogP contribution is -2.17. The highest BCUT2D eigenvalue weighted by molar-refractivity contribution is 5.69. The van der Waals surface area contributed by atoms with E-state index in [-0.39, 0.29) is 0 Å². The van der Waals surface area contributed by atoms with Gasteiger partial charge in [-0.2, -0.15) is 0 Å². The fraction of sp³-hybridized carbons (Fsp3) is 0.615. The third-order valence-electron chi connectivity index (χ3n) is 6.88. The number of imidazole rings is 2. The smallest absolute Gasteiger partial charge is 0.176 e. The fourth-order valence-corrected chi connectivity index (χ4v) is 4.78. The van der Waals surface area contributed by atoms with E-state index in [1.54, 1.807) is 6.33 Å². The number of hydrogen-bond donors (Lipinski definition) is 1. The normalized spacial score (nSPS) is 17.0. The molecule has 0 aromatic carbocycles. The molecule has 0 radical (unpaired) electrons. The van der Waals surface area contributed by atoms with Crippen molar-refractivity contribution in [1.82, 2.24) is 39.0 Å². The van der Waals surface area contributed by atoms with Gasteiger partial charge >= 0.3 is 0 Å². The Bertz CT molecular complexity index is 1300. The van der Waals surface area contributed by atoms with Gasteiger partial charge in [-0.1, -0.05) is 33.6 Å². The van der Waals surface area contributed by atoms with Crippen LogP contribution in [0, 0.1) is 0 Å². The zero-order chi connectivity index (χ0) is 24.4. The van der Waals surface area contributed by atoms with E-state index in [0.29, 0.717) is 17.9 Å². The highest BCUT2D eigenvalue weighted by Crippen LogP contribution is 2.40. The van der Waals surface area contributed by atoms with Crippen molar-refractivity contribution in [2.45, 2.75) is 104 Å². The van der Waals surface area contributed by atoms with E-state index >= 15 is 0 Å². The van der Waals surface area contributed by atoms with Crippen LogP contribution in [0.5, 0.6) is 0 Å². The van der Waals surface area contributed by atoms with Crippen molar-refractivity contribution in [3.63, 3.8) is 0 Å². The summed E-state index contributed by atoms with van der Waals surface area (Å²) in [5, 5.41) is 0. The third kappa shape index (κ3) is 4.99. The Labute approximate surface area is 206 Å². The quantitative estimate of drug-likeness (QED) is 0.431. The molecule has 0 atom stereocenters. The van der Waals surface area contributed by atoms with Gasteiger partial charge in [0.05, 0.1) is 18.6 Å². The lowest BCUT2D eigenvalue weighted by molar-refractivity contribution is 0.616. The summed E-state index contributed by atoms with van der Waals surface area (Å²) in [4.78, 5) is 30.6. The Morgan fingerprint density at radius 1 is 1.06 bits per heavy atom. The van der Waals surface area contributed by atoms with Gasteiger partial charge in [0.1, 0.15) is 29.2 Å². The van der Waals surface area contributed by atoms with Crippen LogP contribution in [-0.4, -0.2) is 45.1 Å². The Morgan fingerprint density at radius 3 is 2.54 bits per heavy atom. The van der Waals surface area contributed by atoms with E-state index in [0.717, 1.165) is 53.5 Å². The summed E-state index contributed by atoms with van der Waals surface area (Å²) < 4.78 is 4.31. The molecule has 35 heavy (non-hydrogen) atoms. The molecule has 1 N–H and O–H groups in total. The molecule has 0 spiro atoms. The molecule has 2 aliphatic carbocycles.